The van der Waals surface area contributed by atoms with Crippen LogP contribution in [0.5, 0.6) is 0 Å². The van der Waals surface area contributed by atoms with Crippen molar-refractivity contribution in [2.45, 2.75) is 38.8 Å². The van der Waals surface area contributed by atoms with Gasteiger partial charge in [0.25, 0.3) is 0 Å². The van der Waals surface area contributed by atoms with E-state index in [-0.39, 0.29) is 12.1 Å². The highest BCUT2D eigenvalue weighted by molar-refractivity contribution is 5.48. The average Bonchev–Trinajstić information content (AvgIpc) is 2.42. The van der Waals surface area contributed by atoms with E-state index in [1.807, 2.05) is 0 Å². The molecule has 2 rings (SSSR count). The maximum atomic E-state index is 13.5. The lowest BCUT2D eigenvalue weighted by Gasteiger charge is -2.35. The van der Waals surface area contributed by atoms with E-state index in [1.165, 1.54) is 0 Å². The zero-order valence-corrected chi connectivity index (χ0v) is 11.5. The summed E-state index contributed by atoms with van der Waals surface area (Å²) in [5.74, 6) is -5.50. The van der Waals surface area contributed by atoms with Gasteiger partial charge in [0.15, 0.2) is 23.3 Å². The zero-order chi connectivity index (χ0) is 14.9. The van der Waals surface area contributed by atoms with Crippen LogP contribution in [0.1, 0.15) is 26.7 Å². The van der Waals surface area contributed by atoms with Crippen molar-refractivity contribution in [2.24, 2.45) is 0 Å². The Kier molecular flexibility index (Phi) is 4.52. The second-order valence-corrected chi connectivity index (χ2v) is 5.39. The third-order valence-electron chi connectivity index (χ3n) is 3.72. The Hall–Kier alpha value is -1.30. The van der Waals surface area contributed by atoms with E-state index in [1.54, 1.807) is 0 Å². The quantitative estimate of drug-likeness (QED) is 0.677. The Morgan fingerprint density at radius 3 is 2.00 bits per heavy atom. The van der Waals surface area contributed by atoms with Gasteiger partial charge in [-0.15, -0.1) is 0 Å². The molecule has 0 saturated carbocycles. The summed E-state index contributed by atoms with van der Waals surface area (Å²) in [5, 5.41) is 2.60. The fourth-order valence-corrected chi connectivity index (χ4v) is 2.46. The van der Waals surface area contributed by atoms with E-state index in [4.69, 9.17) is 0 Å². The van der Waals surface area contributed by atoms with E-state index in [0.717, 1.165) is 13.1 Å². The summed E-state index contributed by atoms with van der Waals surface area (Å²) >= 11 is 0. The van der Waals surface area contributed by atoms with Gasteiger partial charge in [-0.2, -0.15) is 0 Å². The van der Waals surface area contributed by atoms with Crippen molar-refractivity contribution in [3.05, 3.63) is 29.3 Å². The molecule has 1 aliphatic rings. The summed E-state index contributed by atoms with van der Waals surface area (Å²) in [5.41, 5.74) is -0.703. The maximum absolute atomic E-state index is 13.5. The first-order chi connectivity index (χ1) is 9.40. The number of likely N-dealkylation sites (tertiary alicyclic amines) is 1. The van der Waals surface area contributed by atoms with Gasteiger partial charge in [0, 0.05) is 31.2 Å². The number of nitrogens with zero attached hydrogens (tertiary/aromatic N) is 1. The fourth-order valence-electron chi connectivity index (χ4n) is 2.46. The van der Waals surface area contributed by atoms with Crippen LogP contribution in [-0.4, -0.2) is 30.1 Å². The molecule has 1 aromatic carbocycles. The maximum Gasteiger partial charge on any atom is 0.185 e. The van der Waals surface area contributed by atoms with E-state index >= 15 is 0 Å². The van der Waals surface area contributed by atoms with E-state index < -0.39 is 29.0 Å². The van der Waals surface area contributed by atoms with Crippen LogP contribution >= 0.6 is 0 Å². The number of halogens is 4. The fraction of sp³-hybridized carbons (Fsp3) is 0.571. The molecule has 0 unspecified atom stereocenters. The Labute approximate surface area is 115 Å². The summed E-state index contributed by atoms with van der Waals surface area (Å²) in [6.45, 7) is 5.73. The number of nitrogens with one attached hydrogen (secondary N) is 1. The standard InChI is InChI=1S/C14H18F4N2/c1-8(2)20-5-3-9(4-6-20)19-14-12(17)10(15)7-11(16)13(14)18/h7-9,19H,3-6H2,1-2H3. The highest BCUT2D eigenvalue weighted by Crippen LogP contribution is 2.26. The van der Waals surface area contributed by atoms with Crippen LogP contribution in [0.2, 0.25) is 0 Å². The zero-order valence-electron chi connectivity index (χ0n) is 11.5. The highest BCUT2D eigenvalue weighted by atomic mass is 19.2. The Morgan fingerprint density at radius 1 is 1.05 bits per heavy atom. The molecule has 0 aromatic heterocycles. The van der Waals surface area contributed by atoms with Gasteiger partial charge in [0.2, 0.25) is 0 Å². The average molecular weight is 290 g/mol. The molecular formula is C14H18F4N2. The molecule has 112 valence electrons. The first kappa shape index (κ1) is 15.1. The van der Waals surface area contributed by atoms with Gasteiger partial charge < -0.3 is 10.2 Å². The van der Waals surface area contributed by atoms with Crippen molar-refractivity contribution in [1.29, 1.82) is 0 Å². The largest absolute Gasteiger partial charge is 0.377 e. The first-order valence-electron chi connectivity index (χ1n) is 6.73. The number of anilines is 1. The summed E-state index contributed by atoms with van der Waals surface area (Å²) in [7, 11) is 0. The molecule has 20 heavy (non-hydrogen) atoms. The summed E-state index contributed by atoms with van der Waals surface area (Å²) in [4.78, 5) is 2.25. The Bertz CT molecular complexity index is 456. The van der Waals surface area contributed by atoms with Crippen molar-refractivity contribution >= 4 is 5.69 Å². The van der Waals surface area contributed by atoms with Crippen molar-refractivity contribution in [3.8, 4) is 0 Å². The van der Waals surface area contributed by atoms with Crippen molar-refractivity contribution in [2.75, 3.05) is 18.4 Å². The topological polar surface area (TPSA) is 15.3 Å². The minimum absolute atomic E-state index is 0.185. The van der Waals surface area contributed by atoms with E-state index in [9.17, 15) is 17.6 Å². The molecule has 1 heterocycles. The molecule has 1 saturated heterocycles. The lowest BCUT2D eigenvalue weighted by Crippen LogP contribution is -2.42. The lowest BCUT2D eigenvalue weighted by atomic mass is 10.0. The predicted octanol–water partition coefficient (Wildman–Crippen LogP) is 3.53. The number of piperidine rings is 1. The van der Waals surface area contributed by atoms with Gasteiger partial charge in [0.05, 0.1) is 0 Å². The molecule has 0 amide bonds. The number of benzene rings is 1. The normalized spacial score (nSPS) is 17.8. The molecule has 0 aliphatic carbocycles. The molecule has 0 bridgehead atoms. The number of rotatable bonds is 3. The van der Waals surface area contributed by atoms with Gasteiger partial charge >= 0.3 is 0 Å². The molecule has 0 spiro atoms. The lowest BCUT2D eigenvalue weighted by molar-refractivity contribution is 0.177. The Morgan fingerprint density at radius 2 is 1.55 bits per heavy atom. The van der Waals surface area contributed by atoms with Crippen molar-refractivity contribution in [1.82, 2.24) is 4.90 Å². The van der Waals surface area contributed by atoms with Crippen LogP contribution in [0.3, 0.4) is 0 Å². The van der Waals surface area contributed by atoms with Crippen LogP contribution in [0, 0.1) is 23.3 Å². The van der Waals surface area contributed by atoms with Gasteiger partial charge in [-0.3, -0.25) is 0 Å². The van der Waals surface area contributed by atoms with Gasteiger partial charge in [0.1, 0.15) is 5.69 Å². The van der Waals surface area contributed by atoms with E-state index in [0.29, 0.717) is 18.9 Å². The SMILES string of the molecule is CC(C)N1CCC(Nc2c(F)c(F)cc(F)c2F)CC1. The molecule has 1 aromatic rings. The van der Waals surface area contributed by atoms with Crippen LogP contribution in [0.25, 0.3) is 0 Å². The van der Waals surface area contributed by atoms with Crippen molar-refractivity contribution in [3.63, 3.8) is 0 Å². The summed E-state index contributed by atoms with van der Waals surface area (Å²) < 4.78 is 53.3. The molecule has 1 N–H and O–H groups in total. The van der Waals surface area contributed by atoms with Crippen LogP contribution in [-0.2, 0) is 0 Å². The molecule has 0 radical (unpaired) electrons. The molecule has 2 nitrogen and oxygen atoms in total. The van der Waals surface area contributed by atoms with E-state index in [2.05, 4.69) is 24.1 Å². The summed E-state index contributed by atoms with van der Waals surface area (Å²) in [6, 6.07) is 0.447. The molecule has 1 fully saturated rings. The van der Waals surface area contributed by atoms with Gasteiger partial charge in [-0.25, -0.2) is 17.6 Å². The third kappa shape index (κ3) is 3.06. The number of hydrogen-bond donors (Lipinski definition) is 1. The number of hydrogen-bond acceptors (Lipinski definition) is 2. The van der Waals surface area contributed by atoms with Gasteiger partial charge in [-0.05, 0) is 26.7 Å². The highest BCUT2D eigenvalue weighted by Gasteiger charge is 2.25. The Balaban J connectivity index is 2.09. The first-order valence-corrected chi connectivity index (χ1v) is 6.73. The molecule has 0 atom stereocenters. The predicted molar refractivity (Wildman–Crippen MR) is 69.6 cm³/mol. The van der Waals surface area contributed by atoms with Crippen LogP contribution < -0.4 is 5.32 Å². The second kappa shape index (κ2) is 5.99. The smallest absolute Gasteiger partial charge is 0.185 e. The second-order valence-electron chi connectivity index (χ2n) is 5.39. The minimum atomic E-state index is -1.38. The van der Waals surface area contributed by atoms with Gasteiger partial charge in [-0.1, -0.05) is 0 Å². The van der Waals surface area contributed by atoms with Crippen molar-refractivity contribution < 1.29 is 17.6 Å². The minimum Gasteiger partial charge on any atom is -0.377 e. The molecule has 6 heteroatoms. The third-order valence-corrected chi connectivity index (χ3v) is 3.72. The van der Waals surface area contributed by atoms with Crippen LogP contribution in [0.15, 0.2) is 6.07 Å². The molecular weight excluding hydrogens is 272 g/mol. The van der Waals surface area contributed by atoms with Crippen LogP contribution in [0.4, 0.5) is 23.2 Å². The molecule has 1 aliphatic heterocycles. The monoisotopic (exact) mass is 290 g/mol. The summed E-state index contributed by atoms with van der Waals surface area (Å²) in [6.07, 6.45) is 1.35.